The topological polar surface area (TPSA) is 9.23 Å². The average molecular weight is 264 g/mol. The maximum Gasteiger partial charge on any atom is 0.0465 e. The predicted octanol–water partition coefficient (Wildman–Crippen LogP) is 4.70. The first kappa shape index (κ1) is 12.2. The second-order valence-electron chi connectivity index (χ2n) is 6.13. The number of fused-ring (bicyclic) bond motifs is 4. The molecule has 2 aromatic rings. The maximum atomic E-state index is 5.20. The summed E-state index contributed by atoms with van der Waals surface area (Å²) in [5.74, 6) is 0. The summed E-state index contributed by atoms with van der Waals surface area (Å²) < 4.78 is 5.20. The van der Waals surface area contributed by atoms with Crippen LogP contribution in [0.4, 0.5) is 0 Å². The Bertz CT molecular complexity index is 692. The molecule has 0 saturated heterocycles. The zero-order valence-electron chi connectivity index (χ0n) is 12.0. The van der Waals surface area contributed by atoms with Crippen molar-refractivity contribution in [2.75, 3.05) is 13.7 Å². The minimum absolute atomic E-state index is 0.374. The van der Waals surface area contributed by atoms with Gasteiger partial charge in [-0.2, -0.15) is 0 Å². The Morgan fingerprint density at radius 2 is 1.95 bits per heavy atom. The van der Waals surface area contributed by atoms with E-state index in [4.69, 9.17) is 4.74 Å². The number of ether oxygens (including phenoxy) is 1. The molecular weight excluding hydrogens is 244 g/mol. The zero-order chi connectivity index (χ0) is 13.6. The van der Waals surface area contributed by atoms with Crippen LogP contribution in [0, 0.1) is 0 Å². The molecule has 102 valence electrons. The van der Waals surface area contributed by atoms with Crippen molar-refractivity contribution in [3.63, 3.8) is 0 Å². The number of hydrogen-bond acceptors (Lipinski definition) is 1. The first-order valence-corrected chi connectivity index (χ1v) is 7.57. The van der Waals surface area contributed by atoms with E-state index in [9.17, 15) is 0 Å². The molecule has 0 heterocycles. The molecule has 0 N–H and O–H groups in total. The Balaban J connectivity index is 1.80. The summed E-state index contributed by atoms with van der Waals surface area (Å²) in [5, 5.41) is 2.84. The van der Waals surface area contributed by atoms with Crippen LogP contribution in [0.25, 0.3) is 16.3 Å². The van der Waals surface area contributed by atoms with Gasteiger partial charge in [-0.25, -0.2) is 0 Å². The van der Waals surface area contributed by atoms with Crippen LogP contribution in [0.15, 0.2) is 42.5 Å². The van der Waals surface area contributed by atoms with Crippen molar-refractivity contribution in [2.24, 2.45) is 0 Å². The van der Waals surface area contributed by atoms with Gasteiger partial charge in [-0.15, -0.1) is 0 Å². The molecule has 20 heavy (non-hydrogen) atoms. The first-order chi connectivity index (χ1) is 9.84. The van der Waals surface area contributed by atoms with Gasteiger partial charge in [-0.05, 0) is 53.2 Å². The van der Waals surface area contributed by atoms with Gasteiger partial charge in [0.05, 0.1) is 0 Å². The highest BCUT2D eigenvalue weighted by atomic mass is 16.5. The van der Waals surface area contributed by atoms with Gasteiger partial charge in [0.2, 0.25) is 0 Å². The Hall–Kier alpha value is -1.60. The summed E-state index contributed by atoms with van der Waals surface area (Å²) >= 11 is 0. The van der Waals surface area contributed by atoms with Crippen molar-refractivity contribution < 1.29 is 4.74 Å². The fourth-order valence-electron chi connectivity index (χ4n) is 3.70. The first-order valence-electron chi connectivity index (χ1n) is 7.57. The molecule has 0 aromatic heterocycles. The van der Waals surface area contributed by atoms with Gasteiger partial charge < -0.3 is 4.74 Å². The van der Waals surface area contributed by atoms with E-state index in [0.29, 0.717) is 5.41 Å². The maximum absolute atomic E-state index is 5.20. The summed E-state index contributed by atoms with van der Waals surface area (Å²) in [4.78, 5) is 0. The Labute approximate surface area is 120 Å². The highest BCUT2D eigenvalue weighted by molar-refractivity contribution is 5.95. The van der Waals surface area contributed by atoms with Gasteiger partial charge in [0.25, 0.3) is 0 Å². The lowest BCUT2D eigenvalue weighted by Crippen LogP contribution is -2.00. The molecule has 4 rings (SSSR count). The monoisotopic (exact) mass is 264 g/mol. The van der Waals surface area contributed by atoms with E-state index in [1.165, 1.54) is 29.2 Å². The number of benzene rings is 2. The molecule has 2 aliphatic rings. The van der Waals surface area contributed by atoms with Crippen LogP contribution >= 0.6 is 0 Å². The number of hydrogen-bond donors (Lipinski definition) is 0. The molecule has 0 bridgehead atoms. The number of methoxy groups -OCH3 is 1. The van der Waals surface area contributed by atoms with Crippen molar-refractivity contribution >= 4 is 16.3 Å². The largest absolute Gasteiger partial charge is 0.385 e. The lowest BCUT2D eigenvalue weighted by Gasteiger charge is -2.12. The van der Waals surface area contributed by atoms with Crippen molar-refractivity contribution in [3.8, 4) is 0 Å². The van der Waals surface area contributed by atoms with E-state index in [1.54, 1.807) is 18.2 Å². The van der Waals surface area contributed by atoms with Gasteiger partial charge in [-0.1, -0.05) is 42.5 Å². The number of allylic oxidation sites excluding steroid dienone is 2. The van der Waals surface area contributed by atoms with Gasteiger partial charge in [0, 0.05) is 19.1 Å². The molecule has 0 radical (unpaired) electrons. The van der Waals surface area contributed by atoms with Crippen molar-refractivity contribution in [1.29, 1.82) is 0 Å². The predicted molar refractivity (Wildman–Crippen MR) is 83.9 cm³/mol. The van der Waals surface area contributed by atoms with Gasteiger partial charge in [0.15, 0.2) is 0 Å². The molecule has 2 aliphatic carbocycles. The van der Waals surface area contributed by atoms with Crippen molar-refractivity contribution in [2.45, 2.75) is 31.1 Å². The van der Waals surface area contributed by atoms with E-state index >= 15 is 0 Å². The van der Waals surface area contributed by atoms with Crippen LogP contribution in [0.1, 0.15) is 36.8 Å². The van der Waals surface area contributed by atoms with E-state index in [2.05, 4.69) is 42.5 Å². The molecule has 1 nitrogen and oxygen atoms in total. The van der Waals surface area contributed by atoms with E-state index in [1.807, 2.05) is 0 Å². The number of rotatable bonds is 4. The fraction of sp³-hybridized carbons (Fsp3) is 0.368. The van der Waals surface area contributed by atoms with Gasteiger partial charge >= 0.3 is 0 Å². The highest BCUT2D eigenvalue weighted by Gasteiger charge is 2.48. The van der Waals surface area contributed by atoms with E-state index in [-0.39, 0.29) is 0 Å². The van der Waals surface area contributed by atoms with E-state index in [0.717, 1.165) is 19.4 Å². The molecular formula is C19H20O. The summed E-state index contributed by atoms with van der Waals surface area (Å²) in [5.41, 5.74) is 5.01. The Kier molecular flexibility index (Phi) is 2.71. The standard InChI is InChI=1S/C19H20O/c1-20-12-4-6-15-13-19(10-11-19)18-16-7-3-2-5-14(16)8-9-17(15)18/h2-3,5,7-9,13H,4,6,10-12H2,1H3. The normalized spacial score (nSPS) is 18.4. The van der Waals surface area contributed by atoms with Crippen LogP contribution in [0.3, 0.4) is 0 Å². The average Bonchev–Trinajstić information content (AvgIpc) is 3.18. The lowest BCUT2D eigenvalue weighted by molar-refractivity contribution is 0.196. The van der Waals surface area contributed by atoms with Crippen LogP contribution < -0.4 is 0 Å². The summed E-state index contributed by atoms with van der Waals surface area (Å²) in [7, 11) is 1.78. The SMILES string of the molecule is COCCCC1=CC2(CC2)c2c1ccc1ccccc21. The van der Waals surface area contributed by atoms with Crippen LogP contribution in [0.2, 0.25) is 0 Å². The van der Waals surface area contributed by atoms with Crippen LogP contribution in [0.5, 0.6) is 0 Å². The summed E-state index contributed by atoms with van der Waals surface area (Å²) in [6, 6.07) is 13.4. The minimum Gasteiger partial charge on any atom is -0.385 e. The molecule has 1 saturated carbocycles. The lowest BCUT2D eigenvalue weighted by atomic mass is 9.91. The van der Waals surface area contributed by atoms with Gasteiger partial charge in [-0.3, -0.25) is 0 Å². The molecule has 0 unspecified atom stereocenters. The smallest absolute Gasteiger partial charge is 0.0465 e. The van der Waals surface area contributed by atoms with E-state index < -0.39 is 0 Å². The third-order valence-electron chi connectivity index (χ3n) is 4.81. The summed E-state index contributed by atoms with van der Waals surface area (Å²) in [6.07, 6.45) is 7.45. The molecule has 2 aromatic carbocycles. The molecule has 1 fully saturated rings. The fourth-order valence-corrected chi connectivity index (χ4v) is 3.70. The molecule has 1 spiro atoms. The second kappa shape index (κ2) is 4.46. The Morgan fingerprint density at radius 3 is 2.75 bits per heavy atom. The van der Waals surface area contributed by atoms with Crippen molar-refractivity contribution in [3.05, 3.63) is 53.6 Å². The quantitative estimate of drug-likeness (QED) is 0.728. The van der Waals surface area contributed by atoms with Crippen molar-refractivity contribution in [1.82, 2.24) is 0 Å². The van der Waals surface area contributed by atoms with Gasteiger partial charge in [0.1, 0.15) is 0 Å². The summed E-state index contributed by atoms with van der Waals surface area (Å²) in [6.45, 7) is 0.854. The van der Waals surface area contributed by atoms with Crippen LogP contribution in [-0.2, 0) is 10.2 Å². The third kappa shape index (κ3) is 1.73. The molecule has 0 aliphatic heterocycles. The zero-order valence-corrected chi connectivity index (χ0v) is 12.0. The Morgan fingerprint density at radius 1 is 1.10 bits per heavy atom. The minimum atomic E-state index is 0.374. The third-order valence-corrected chi connectivity index (χ3v) is 4.81. The highest BCUT2D eigenvalue weighted by Crippen LogP contribution is 2.59. The second-order valence-corrected chi connectivity index (χ2v) is 6.13. The molecule has 0 amide bonds. The molecule has 1 heteroatoms. The van der Waals surface area contributed by atoms with Crippen LogP contribution in [-0.4, -0.2) is 13.7 Å². The molecule has 0 atom stereocenters.